The molecule has 7 heteroatoms. The van der Waals surface area contributed by atoms with E-state index in [0.717, 1.165) is 12.4 Å². The van der Waals surface area contributed by atoms with Crippen LogP contribution in [0, 0.1) is 0 Å². The molecule has 1 aromatic heterocycles. The van der Waals surface area contributed by atoms with Gasteiger partial charge >= 0.3 is 6.09 Å². The van der Waals surface area contributed by atoms with Crippen LogP contribution in [-0.2, 0) is 22.5 Å². The first-order chi connectivity index (χ1) is 12.2. The van der Waals surface area contributed by atoms with Crippen LogP contribution in [0.15, 0.2) is 42.7 Å². The first kappa shape index (κ1) is 18.5. The molecule has 0 atom stereocenters. The van der Waals surface area contributed by atoms with Crippen LogP contribution in [0.5, 0.6) is 0 Å². The van der Waals surface area contributed by atoms with Gasteiger partial charge in [-0.3, -0.25) is 4.79 Å². The maximum atomic E-state index is 11.8. The molecular formula is C18H24N4O3. The first-order valence-corrected chi connectivity index (χ1v) is 8.40. The topological polar surface area (TPSA) is 85.2 Å². The quantitative estimate of drug-likeness (QED) is 0.725. The molecule has 0 aliphatic heterocycles. The molecule has 0 spiro atoms. The molecule has 25 heavy (non-hydrogen) atoms. The highest BCUT2D eigenvalue weighted by Gasteiger charge is 2.06. The van der Waals surface area contributed by atoms with Gasteiger partial charge < -0.3 is 19.9 Å². The van der Waals surface area contributed by atoms with Gasteiger partial charge in [0, 0.05) is 44.9 Å². The van der Waals surface area contributed by atoms with Crippen LogP contribution in [0.2, 0.25) is 0 Å². The van der Waals surface area contributed by atoms with Gasteiger partial charge in [0.1, 0.15) is 5.82 Å². The minimum absolute atomic E-state index is 0.113. The molecule has 0 aliphatic rings. The molecule has 0 radical (unpaired) electrons. The maximum Gasteiger partial charge on any atom is 0.407 e. The number of carbonyl (C=O) groups excluding carboxylic acids is 2. The second kappa shape index (κ2) is 10.1. The first-order valence-electron chi connectivity index (χ1n) is 8.40. The van der Waals surface area contributed by atoms with E-state index in [1.54, 1.807) is 13.1 Å². The number of nitrogens with zero attached hydrogens (tertiary/aromatic N) is 2. The Kier molecular flexibility index (Phi) is 7.49. The lowest BCUT2D eigenvalue weighted by molar-refractivity contribution is -0.120. The van der Waals surface area contributed by atoms with Crippen molar-refractivity contribution < 1.29 is 14.3 Å². The standard InChI is InChI=1S/C18H24N4O3/c1-2-25-18(24)21-11-9-17(23)20-10-8-16-19-12-13-22(16)14-15-6-4-3-5-7-15/h3-7,12-13H,2,8-11,14H2,1H3,(H,20,23)(H,21,24). The van der Waals surface area contributed by atoms with E-state index in [9.17, 15) is 9.59 Å². The van der Waals surface area contributed by atoms with Gasteiger partial charge in [-0.1, -0.05) is 30.3 Å². The van der Waals surface area contributed by atoms with Crippen molar-refractivity contribution in [3.63, 3.8) is 0 Å². The highest BCUT2D eigenvalue weighted by atomic mass is 16.5. The molecule has 2 amide bonds. The van der Waals surface area contributed by atoms with Crippen molar-refractivity contribution in [3.05, 3.63) is 54.1 Å². The van der Waals surface area contributed by atoms with Crippen LogP contribution in [0.1, 0.15) is 24.7 Å². The number of carbonyl (C=O) groups is 2. The smallest absolute Gasteiger partial charge is 0.407 e. The molecular weight excluding hydrogens is 320 g/mol. The second-order valence-corrected chi connectivity index (χ2v) is 5.45. The van der Waals surface area contributed by atoms with Crippen LogP contribution >= 0.6 is 0 Å². The van der Waals surface area contributed by atoms with Crippen LogP contribution < -0.4 is 10.6 Å². The van der Waals surface area contributed by atoms with Gasteiger partial charge in [0.2, 0.25) is 5.91 Å². The van der Waals surface area contributed by atoms with E-state index in [1.165, 1.54) is 5.56 Å². The number of hydrogen-bond donors (Lipinski definition) is 2. The predicted octanol–water partition coefficient (Wildman–Crippen LogP) is 1.73. The summed E-state index contributed by atoms with van der Waals surface area (Å²) in [6, 6.07) is 10.2. The summed E-state index contributed by atoms with van der Waals surface area (Å²) in [5.41, 5.74) is 1.20. The fourth-order valence-electron chi connectivity index (χ4n) is 2.35. The lowest BCUT2D eigenvalue weighted by Crippen LogP contribution is -2.32. The van der Waals surface area contributed by atoms with E-state index in [1.807, 2.05) is 24.4 Å². The normalized spacial score (nSPS) is 10.3. The van der Waals surface area contributed by atoms with Gasteiger partial charge in [-0.25, -0.2) is 9.78 Å². The van der Waals surface area contributed by atoms with Gasteiger partial charge in [0.15, 0.2) is 0 Å². The van der Waals surface area contributed by atoms with Crippen LogP contribution in [-0.4, -0.2) is 41.2 Å². The minimum atomic E-state index is -0.502. The number of aromatic nitrogens is 2. The van der Waals surface area contributed by atoms with Crippen molar-refractivity contribution >= 4 is 12.0 Å². The number of imidazole rings is 1. The van der Waals surface area contributed by atoms with Crippen molar-refractivity contribution in [3.8, 4) is 0 Å². The van der Waals surface area contributed by atoms with E-state index in [0.29, 0.717) is 19.6 Å². The van der Waals surface area contributed by atoms with E-state index in [2.05, 4.69) is 32.3 Å². The van der Waals surface area contributed by atoms with Gasteiger partial charge in [-0.2, -0.15) is 0 Å². The monoisotopic (exact) mass is 344 g/mol. The zero-order valence-corrected chi connectivity index (χ0v) is 14.4. The Labute approximate surface area is 147 Å². The molecule has 0 bridgehead atoms. The van der Waals surface area contributed by atoms with Gasteiger partial charge in [0.25, 0.3) is 0 Å². The number of benzene rings is 1. The van der Waals surface area contributed by atoms with E-state index < -0.39 is 6.09 Å². The molecule has 134 valence electrons. The molecule has 0 fully saturated rings. The van der Waals surface area contributed by atoms with Crippen LogP contribution in [0.4, 0.5) is 4.79 Å². The average molecular weight is 344 g/mol. The number of nitrogens with one attached hydrogen (secondary N) is 2. The molecule has 1 aromatic carbocycles. The number of alkyl carbamates (subject to hydrolysis) is 1. The fraction of sp³-hybridized carbons (Fsp3) is 0.389. The summed E-state index contributed by atoms with van der Waals surface area (Å²) < 4.78 is 6.80. The number of hydrogen-bond acceptors (Lipinski definition) is 4. The van der Waals surface area contributed by atoms with Crippen molar-refractivity contribution in [2.24, 2.45) is 0 Å². The lowest BCUT2D eigenvalue weighted by Gasteiger charge is -2.09. The summed E-state index contributed by atoms with van der Waals surface area (Å²) in [6.07, 6.45) is 4.07. The predicted molar refractivity (Wildman–Crippen MR) is 94.1 cm³/mol. The third-order valence-corrected chi connectivity index (χ3v) is 3.57. The summed E-state index contributed by atoms with van der Waals surface area (Å²) in [5.74, 6) is 0.812. The Hall–Kier alpha value is -2.83. The van der Waals surface area contributed by atoms with E-state index in [-0.39, 0.29) is 18.9 Å². The number of amides is 2. The Morgan fingerprint density at radius 2 is 1.96 bits per heavy atom. The molecule has 2 N–H and O–H groups in total. The molecule has 0 saturated heterocycles. The van der Waals surface area contributed by atoms with E-state index in [4.69, 9.17) is 4.74 Å². The van der Waals surface area contributed by atoms with Crippen molar-refractivity contribution in [2.45, 2.75) is 26.3 Å². The molecule has 7 nitrogen and oxygen atoms in total. The Morgan fingerprint density at radius 1 is 1.16 bits per heavy atom. The van der Waals surface area contributed by atoms with Crippen LogP contribution in [0.25, 0.3) is 0 Å². The molecule has 2 aromatic rings. The zero-order valence-electron chi connectivity index (χ0n) is 14.4. The highest BCUT2D eigenvalue weighted by molar-refractivity contribution is 5.76. The summed E-state index contributed by atoms with van der Waals surface area (Å²) in [6.45, 7) is 3.56. The Bertz CT molecular complexity index is 670. The lowest BCUT2D eigenvalue weighted by atomic mass is 10.2. The molecule has 0 saturated carbocycles. The third kappa shape index (κ3) is 6.66. The van der Waals surface area contributed by atoms with Gasteiger partial charge in [0.05, 0.1) is 6.61 Å². The molecule has 1 heterocycles. The highest BCUT2D eigenvalue weighted by Crippen LogP contribution is 2.05. The second-order valence-electron chi connectivity index (χ2n) is 5.45. The van der Waals surface area contributed by atoms with Gasteiger partial charge in [-0.15, -0.1) is 0 Å². The summed E-state index contributed by atoms with van der Waals surface area (Å²) in [4.78, 5) is 27.2. The Balaban J connectivity index is 1.69. The summed E-state index contributed by atoms with van der Waals surface area (Å²) >= 11 is 0. The minimum Gasteiger partial charge on any atom is -0.450 e. The fourth-order valence-corrected chi connectivity index (χ4v) is 2.35. The SMILES string of the molecule is CCOC(=O)NCCC(=O)NCCc1nccn1Cc1ccccc1. The van der Waals surface area contributed by atoms with Crippen molar-refractivity contribution in [1.82, 2.24) is 20.2 Å². The maximum absolute atomic E-state index is 11.8. The van der Waals surface area contributed by atoms with Crippen molar-refractivity contribution in [2.75, 3.05) is 19.7 Å². The Morgan fingerprint density at radius 3 is 2.72 bits per heavy atom. The number of rotatable bonds is 9. The summed E-state index contributed by atoms with van der Waals surface area (Å²) in [7, 11) is 0. The van der Waals surface area contributed by atoms with Gasteiger partial charge in [-0.05, 0) is 12.5 Å². The third-order valence-electron chi connectivity index (χ3n) is 3.57. The van der Waals surface area contributed by atoms with Crippen molar-refractivity contribution in [1.29, 1.82) is 0 Å². The van der Waals surface area contributed by atoms with E-state index >= 15 is 0 Å². The molecule has 0 aliphatic carbocycles. The average Bonchev–Trinajstić information content (AvgIpc) is 3.03. The molecule has 0 unspecified atom stereocenters. The number of ether oxygens (including phenoxy) is 1. The zero-order chi connectivity index (χ0) is 17.9. The largest absolute Gasteiger partial charge is 0.450 e. The van der Waals surface area contributed by atoms with Crippen LogP contribution in [0.3, 0.4) is 0 Å². The summed E-state index contributed by atoms with van der Waals surface area (Å²) in [5, 5.41) is 5.35. The molecule has 2 rings (SSSR count).